The highest BCUT2D eigenvalue weighted by Gasteiger charge is 2.08. The van der Waals surface area contributed by atoms with Gasteiger partial charge in [-0.1, -0.05) is 6.92 Å². The summed E-state index contributed by atoms with van der Waals surface area (Å²) in [5.41, 5.74) is 0. The molecule has 0 heterocycles. The quantitative estimate of drug-likeness (QED) is 0.624. The summed E-state index contributed by atoms with van der Waals surface area (Å²) in [5.74, 6) is 0. The van der Waals surface area contributed by atoms with E-state index in [0.717, 1.165) is 13.0 Å². The van der Waals surface area contributed by atoms with Crippen LogP contribution < -0.4 is 0 Å². The highest BCUT2D eigenvalue weighted by Crippen LogP contribution is 2.00. The van der Waals surface area contributed by atoms with Gasteiger partial charge in [0.2, 0.25) is 0 Å². The summed E-state index contributed by atoms with van der Waals surface area (Å²) in [6.45, 7) is 9.77. The van der Waals surface area contributed by atoms with E-state index in [2.05, 4.69) is 6.92 Å². The van der Waals surface area contributed by atoms with Crippen LogP contribution in [-0.4, -0.2) is 49.8 Å². The molecular weight excluding hydrogens is 208 g/mol. The number of aliphatic hydroxyl groups is 1. The van der Waals surface area contributed by atoms with E-state index in [0.29, 0.717) is 13.2 Å². The van der Waals surface area contributed by atoms with Gasteiger partial charge in [-0.3, -0.25) is 0 Å². The third-order valence-corrected chi connectivity index (χ3v) is 2.09. The highest BCUT2D eigenvalue weighted by molar-refractivity contribution is 4.54. The van der Waals surface area contributed by atoms with E-state index in [4.69, 9.17) is 19.3 Å². The Kier molecular flexibility index (Phi) is 9.92. The van der Waals surface area contributed by atoms with Crippen molar-refractivity contribution in [2.24, 2.45) is 0 Å². The van der Waals surface area contributed by atoms with Gasteiger partial charge >= 0.3 is 0 Å². The van der Waals surface area contributed by atoms with Gasteiger partial charge in [0.05, 0.1) is 38.1 Å². The summed E-state index contributed by atoms with van der Waals surface area (Å²) < 4.78 is 16.4. The lowest BCUT2D eigenvalue weighted by Crippen LogP contribution is -2.26. The first-order valence-corrected chi connectivity index (χ1v) is 6.05. The lowest BCUT2D eigenvalue weighted by Gasteiger charge is -2.19. The molecule has 0 aromatic heterocycles. The Labute approximate surface area is 98.9 Å². The van der Waals surface area contributed by atoms with Crippen LogP contribution in [0, 0.1) is 0 Å². The van der Waals surface area contributed by atoms with E-state index in [1.54, 1.807) is 0 Å². The van der Waals surface area contributed by atoms with Crippen LogP contribution >= 0.6 is 0 Å². The molecule has 0 saturated heterocycles. The molecule has 98 valence electrons. The molecule has 0 spiro atoms. The van der Waals surface area contributed by atoms with Gasteiger partial charge in [-0.15, -0.1) is 0 Å². The topological polar surface area (TPSA) is 47.9 Å². The summed E-state index contributed by atoms with van der Waals surface area (Å²) in [5, 5.41) is 8.78. The van der Waals surface area contributed by atoms with E-state index in [1.807, 2.05) is 20.8 Å². The second-order valence-electron chi connectivity index (χ2n) is 4.15. The maximum Gasteiger partial charge on any atom is 0.0781 e. The summed E-state index contributed by atoms with van der Waals surface area (Å²) in [4.78, 5) is 0. The molecule has 0 amide bonds. The molecule has 0 aliphatic rings. The van der Waals surface area contributed by atoms with Gasteiger partial charge in [-0.25, -0.2) is 0 Å². The molecule has 0 aromatic rings. The number of ether oxygens (including phenoxy) is 3. The Morgan fingerprint density at radius 1 is 0.875 bits per heavy atom. The van der Waals surface area contributed by atoms with Gasteiger partial charge in [-0.05, 0) is 27.2 Å². The fraction of sp³-hybridized carbons (Fsp3) is 1.00. The zero-order chi connectivity index (χ0) is 12.4. The fourth-order valence-electron chi connectivity index (χ4n) is 1.07. The standard InChI is InChI=1S/C12H26O4/c1-5-6-14-11(3)8-16-12(4)9-15-10(2)7-13/h10-13H,5-9H2,1-4H3/t10-,11+,12+/m1/s1. The minimum absolute atomic E-state index is 0.0293. The van der Waals surface area contributed by atoms with Gasteiger partial charge in [0.1, 0.15) is 0 Å². The van der Waals surface area contributed by atoms with Crippen molar-refractivity contribution in [2.75, 3.05) is 26.4 Å². The minimum atomic E-state index is -0.125. The molecule has 0 rings (SSSR count). The molecule has 0 bridgehead atoms. The van der Waals surface area contributed by atoms with Gasteiger partial charge in [0.25, 0.3) is 0 Å². The smallest absolute Gasteiger partial charge is 0.0781 e. The SMILES string of the molecule is CCCO[C@@H](C)CO[C@@H](C)CO[C@H](C)CO. The molecule has 0 unspecified atom stereocenters. The Hall–Kier alpha value is -0.160. The Bertz CT molecular complexity index is 152. The van der Waals surface area contributed by atoms with E-state index in [-0.39, 0.29) is 24.9 Å². The van der Waals surface area contributed by atoms with Crippen LogP contribution in [0.3, 0.4) is 0 Å². The van der Waals surface area contributed by atoms with Crippen molar-refractivity contribution in [3.63, 3.8) is 0 Å². The summed E-state index contributed by atoms with van der Waals surface area (Å²) in [6, 6.07) is 0. The van der Waals surface area contributed by atoms with Crippen molar-refractivity contribution >= 4 is 0 Å². The monoisotopic (exact) mass is 234 g/mol. The van der Waals surface area contributed by atoms with Crippen molar-refractivity contribution < 1.29 is 19.3 Å². The number of rotatable bonds is 10. The zero-order valence-electron chi connectivity index (χ0n) is 10.9. The lowest BCUT2D eigenvalue weighted by molar-refractivity contribution is -0.0742. The van der Waals surface area contributed by atoms with Crippen molar-refractivity contribution in [3.05, 3.63) is 0 Å². The summed E-state index contributed by atoms with van der Waals surface area (Å²) >= 11 is 0. The van der Waals surface area contributed by atoms with Gasteiger partial charge in [0, 0.05) is 6.61 Å². The van der Waals surface area contributed by atoms with Crippen molar-refractivity contribution in [3.8, 4) is 0 Å². The predicted molar refractivity (Wildman–Crippen MR) is 63.6 cm³/mol. The van der Waals surface area contributed by atoms with Crippen LogP contribution in [-0.2, 0) is 14.2 Å². The maximum absolute atomic E-state index is 8.78. The first-order valence-electron chi connectivity index (χ1n) is 6.05. The molecule has 3 atom stereocenters. The fourth-order valence-corrected chi connectivity index (χ4v) is 1.07. The van der Waals surface area contributed by atoms with Crippen LogP contribution in [0.1, 0.15) is 34.1 Å². The van der Waals surface area contributed by atoms with Crippen LogP contribution in [0.25, 0.3) is 0 Å². The zero-order valence-corrected chi connectivity index (χ0v) is 10.9. The van der Waals surface area contributed by atoms with Crippen molar-refractivity contribution in [2.45, 2.75) is 52.4 Å². The molecule has 4 heteroatoms. The largest absolute Gasteiger partial charge is 0.394 e. The van der Waals surface area contributed by atoms with E-state index in [1.165, 1.54) is 0 Å². The van der Waals surface area contributed by atoms with Crippen LogP contribution in [0.5, 0.6) is 0 Å². The Morgan fingerprint density at radius 2 is 1.38 bits per heavy atom. The second-order valence-corrected chi connectivity index (χ2v) is 4.15. The molecule has 0 radical (unpaired) electrons. The van der Waals surface area contributed by atoms with Crippen molar-refractivity contribution in [1.29, 1.82) is 0 Å². The Morgan fingerprint density at radius 3 is 1.88 bits per heavy atom. The molecule has 0 saturated carbocycles. The molecule has 0 aliphatic heterocycles. The first-order chi connectivity index (χ1) is 7.60. The van der Waals surface area contributed by atoms with Gasteiger partial charge < -0.3 is 19.3 Å². The normalized spacial score (nSPS) is 17.1. The Balaban J connectivity index is 3.45. The average molecular weight is 234 g/mol. The third kappa shape index (κ3) is 9.09. The van der Waals surface area contributed by atoms with Crippen molar-refractivity contribution in [1.82, 2.24) is 0 Å². The predicted octanol–water partition coefficient (Wildman–Crippen LogP) is 1.60. The van der Waals surface area contributed by atoms with E-state index < -0.39 is 0 Å². The molecule has 1 N–H and O–H groups in total. The molecule has 16 heavy (non-hydrogen) atoms. The van der Waals surface area contributed by atoms with Gasteiger partial charge in [-0.2, -0.15) is 0 Å². The van der Waals surface area contributed by atoms with E-state index in [9.17, 15) is 0 Å². The molecule has 0 aromatic carbocycles. The first kappa shape index (κ1) is 15.8. The third-order valence-electron chi connectivity index (χ3n) is 2.09. The molecule has 0 aliphatic carbocycles. The highest BCUT2D eigenvalue weighted by atomic mass is 16.6. The second kappa shape index (κ2) is 10.0. The minimum Gasteiger partial charge on any atom is -0.394 e. The van der Waals surface area contributed by atoms with Gasteiger partial charge in [0.15, 0.2) is 0 Å². The van der Waals surface area contributed by atoms with Crippen LogP contribution in [0.2, 0.25) is 0 Å². The number of hydrogen-bond donors (Lipinski definition) is 1. The molecular formula is C12H26O4. The summed E-state index contributed by atoms with van der Waals surface area (Å²) in [7, 11) is 0. The average Bonchev–Trinajstić information content (AvgIpc) is 2.30. The number of hydrogen-bond acceptors (Lipinski definition) is 4. The summed E-state index contributed by atoms with van der Waals surface area (Å²) in [6.07, 6.45) is 1.05. The van der Waals surface area contributed by atoms with Crippen LogP contribution in [0.15, 0.2) is 0 Å². The van der Waals surface area contributed by atoms with Crippen LogP contribution in [0.4, 0.5) is 0 Å². The lowest BCUT2D eigenvalue weighted by atomic mass is 10.4. The van der Waals surface area contributed by atoms with E-state index >= 15 is 0 Å². The molecule has 0 fully saturated rings. The molecule has 4 nitrogen and oxygen atoms in total. The maximum atomic E-state index is 8.78. The number of aliphatic hydroxyl groups excluding tert-OH is 1.